The van der Waals surface area contributed by atoms with Crippen molar-refractivity contribution in [2.75, 3.05) is 18.1 Å². The minimum Gasteiger partial charge on any atom is -0.395 e. The molecule has 1 amide bonds. The van der Waals surface area contributed by atoms with Crippen LogP contribution in [0, 0.1) is 0 Å². The third kappa shape index (κ3) is 4.34. The second kappa shape index (κ2) is 9.44. The standard InChI is InChI=1S/C22H17Cl2N5O3/c23-19-18(20(24)26-12-25-19)22(32)29(8-9-30)15-6-7-17-16(10-15)21(31)28(13-27-17)11-14-4-2-1-3-5-14/h1-7,10,12-13,30H,8-9,11H2. The van der Waals surface area contributed by atoms with E-state index in [1.165, 1.54) is 15.8 Å². The van der Waals surface area contributed by atoms with Crippen molar-refractivity contribution in [2.45, 2.75) is 6.54 Å². The highest BCUT2D eigenvalue weighted by Gasteiger charge is 2.24. The molecule has 0 fully saturated rings. The Hall–Kier alpha value is -3.33. The SMILES string of the molecule is O=C(c1c(Cl)ncnc1Cl)N(CCO)c1ccc2ncn(Cc3ccccc3)c(=O)c2c1. The number of nitrogens with zero attached hydrogens (tertiary/aromatic N) is 5. The second-order valence-corrected chi connectivity index (χ2v) is 7.59. The van der Waals surface area contributed by atoms with Gasteiger partial charge in [-0.15, -0.1) is 0 Å². The van der Waals surface area contributed by atoms with Crippen LogP contribution in [0.3, 0.4) is 0 Å². The highest BCUT2D eigenvalue weighted by Crippen LogP contribution is 2.26. The lowest BCUT2D eigenvalue weighted by atomic mass is 10.1. The number of hydrogen-bond acceptors (Lipinski definition) is 6. The first-order valence-electron chi connectivity index (χ1n) is 9.61. The summed E-state index contributed by atoms with van der Waals surface area (Å²) in [4.78, 5) is 39.5. The van der Waals surface area contributed by atoms with Gasteiger partial charge in [0.05, 0.1) is 30.4 Å². The molecule has 4 aromatic rings. The van der Waals surface area contributed by atoms with Crippen molar-refractivity contribution in [2.24, 2.45) is 0 Å². The molecule has 0 bridgehead atoms. The number of carbonyl (C=O) groups is 1. The summed E-state index contributed by atoms with van der Waals surface area (Å²) in [7, 11) is 0. The molecule has 4 rings (SSSR count). The average molecular weight is 470 g/mol. The third-order valence-corrected chi connectivity index (χ3v) is 5.43. The van der Waals surface area contributed by atoms with Gasteiger partial charge in [0, 0.05) is 12.2 Å². The minimum absolute atomic E-state index is 0.0512. The summed E-state index contributed by atoms with van der Waals surface area (Å²) in [6.07, 6.45) is 2.64. The number of hydrogen-bond donors (Lipinski definition) is 1. The number of halogens is 2. The van der Waals surface area contributed by atoms with Crippen molar-refractivity contribution in [1.82, 2.24) is 19.5 Å². The third-order valence-electron chi connectivity index (χ3n) is 4.85. The van der Waals surface area contributed by atoms with Crippen LogP contribution in [0.5, 0.6) is 0 Å². The van der Waals surface area contributed by atoms with Crippen LogP contribution >= 0.6 is 23.2 Å². The normalized spacial score (nSPS) is 11.0. The Labute approximate surface area is 192 Å². The van der Waals surface area contributed by atoms with E-state index in [4.69, 9.17) is 23.2 Å². The summed E-state index contributed by atoms with van der Waals surface area (Å²) in [5.41, 5.74) is 1.48. The zero-order valence-electron chi connectivity index (χ0n) is 16.7. The quantitative estimate of drug-likeness (QED) is 0.435. The number of carbonyl (C=O) groups excluding carboxylic acids is 1. The van der Waals surface area contributed by atoms with E-state index in [2.05, 4.69) is 15.0 Å². The molecule has 0 atom stereocenters. The molecule has 0 radical (unpaired) electrons. The van der Waals surface area contributed by atoms with Gasteiger partial charge in [0.2, 0.25) is 0 Å². The predicted molar refractivity (Wildman–Crippen MR) is 122 cm³/mol. The topological polar surface area (TPSA) is 101 Å². The van der Waals surface area contributed by atoms with Crippen LogP contribution in [0.2, 0.25) is 10.3 Å². The van der Waals surface area contributed by atoms with E-state index in [1.807, 2.05) is 30.3 Å². The van der Waals surface area contributed by atoms with Crippen molar-refractivity contribution in [3.63, 3.8) is 0 Å². The first-order valence-corrected chi connectivity index (χ1v) is 10.4. The molecule has 10 heteroatoms. The lowest BCUT2D eigenvalue weighted by molar-refractivity contribution is 0.0980. The summed E-state index contributed by atoms with van der Waals surface area (Å²) >= 11 is 12.1. The fourth-order valence-electron chi connectivity index (χ4n) is 3.31. The van der Waals surface area contributed by atoms with Crippen molar-refractivity contribution in [1.29, 1.82) is 0 Å². The van der Waals surface area contributed by atoms with E-state index in [0.717, 1.165) is 11.9 Å². The zero-order chi connectivity index (χ0) is 22.7. The van der Waals surface area contributed by atoms with E-state index in [-0.39, 0.29) is 34.6 Å². The van der Waals surface area contributed by atoms with E-state index in [9.17, 15) is 14.7 Å². The van der Waals surface area contributed by atoms with E-state index >= 15 is 0 Å². The van der Waals surface area contributed by atoms with Crippen LogP contribution in [-0.4, -0.2) is 43.7 Å². The molecule has 0 unspecified atom stereocenters. The molecule has 0 saturated heterocycles. The smallest absolute Gasteiger partial charge is 0.264 e. The zero-order valence-corrected chi connectivity index (χ0v) is 18.2. The van der Waals surface area contributed by atoms with Crippen LogP contribution in [0.15, 0.2) is 66.0 Å². The number of aromatic nitrogens is 4. The predicted octanol–water partition coefficient (Wildman–Crippen LogP) is 3.18. The van der Waals surface area contributed by atoms with Gasteiger partial charge in [0.25, 0.3) is 11.5 Å². The maximum absolute atomic E-state index is 13.2. The molecule has 162 valence electrons. The van der Waals surface area contributed by atoms with Gasteiger partial charge < -0.3 is 10.0 Å². The van der Waals surface area contributed by atoms with Crippen LogP contribution in [0.4, 0.5) is 5.69 Å². The number of amides is 1. The maximum Gasteiger partial charge on any atom is 0.264 e. The monoisotopic (exact) mass is 469 g/mol. The van der Waals surface area contributed by atoms with Gasteiger partial charge in [-0.3, -0.25) is 14.2 Å². The Morgan fingerprint density at radius 3 is 2.44 bits per heavy atom. The number of anilines is 1. The number of rotatable bonds is 6. The molecular formula is C22H17Cl2N5O3. The molecule has 32 heavy (non-hydrogen) atoms. The fourth-order valence-corrected chi connectivity index (χ4v) is 3.79. The molecule has 2 aromatic carbocycles. The van der Waals surface area contributed by atoms with Gasteiger partial charge in [-0.2, -0.15) is 0 Å². The highest BCUT2D eigenvalue weighted by molar-refractivity contribution is 6.39. The lowest BCUT2D eigenvalue weighted by Crippen LogP contribution is -2.34. The van der Waals surface area contributed by atoms with Gasteiger partial charge in [-0.05, 0) is 23.8 Å². The lowest BCUT2D eigenvalue weighted by Gasteiger charge is -2.23. The molecule has 0 aliphatic rings. The summed E-state index contributed by atoms with van der Waals surface area (Å²) in [5, 5.41) is 9.66. The molecule has 1 N–H and O–H groups in total. The number of fused-ring (bicyclic) bond motifs is 1. The maximum atomic E-state index is 13.2. The van der Waals surface area contributed by atoms with Crippen LogP contribution < -0.4 is 10.5 Å². The number of benzene rings is 2. The first kappa shape index (κ1) is 21.9. The summed E-state index contributed by atoms with van der Waals surface area (Å²) in [6, 6.07) is 14.4. The first-order chi connectivity index (χ1) is 15.5. The molecule has 0 spiro atoms. The van der Waals surface area contributed by atoms with E-state index < -0.39 is 5.91 Å². The minimum atomic E-state index is -0.595. The van der Waals surface area contributed by atoms with Crippen molar-refractivity contribution in [3.05, 3.63) is 93.0 Å². The van der Waals surface area contributed by atoms with Crippen LogP contribution in [-0.2, 0) is 6.54 Å². The molecule has 2 heterocycles. The van der Waals surface area contributed by atoms with Gasteiger partial charge >= 0.3 is 0 Å². The van der Waals surface area contributed by atoms with Crippen LogP contribution in [0.25, 0.3) is 10.9 Å². The Morgan fingerprint density at radius 1 is 1.03 bits per heavy atom. The Balaban J connectivity index is 1.77. The molecule has 0 aliphatic carbocycles. The molecular weight excluding hydrogens is 453 g/mol. The average Bonchev–Trinajstić information content (AvgIpc) is 2.80. The molecule has 8 nitrogen and oxygen atoms in total. The molecule has 2 aromatic heterocycles. The van der Waals surface area contributed by atoms with Crippen molar-refractivity contribution >= 4 is 45.7 Å². The summed E-state index contributed by atoms with van der Waals surface area (Å²) < 4.78 is 1.50. The van der Waals surface area contributed by atoms with Crippen molar-refractivity contribution < 1.29 is 9.90 Å². The second-order valence-electron chi connectivity index (χ2n) is 6.88. The van der Waals surface area contributed by atoms with Gasteiger partial charge in [-0.1, -0.05) is 53.5 Å². The summed E-state index contributed by atoms with van der Waals surface area (Å²) in [6.45, 7) is -0.0129. The Bertz CT molecular complexity index is 1320. The van der Waals surface area contributed by atoms with Gasteiger partial charge in [-0.25, -0.2) is 15.0 Å². The molecule has 0 aliphatic heterocycles. The molecule has 0 saturated carbocycles. The van der Waals surface area contributed by atoms with Crippen molar-refractivity contribution in [3.8, 4) is 0 Å². The number of aliphatic hydroxyl groups is 1. The van der Waals surface area contributed by atoms with Crippen LogP contribution in [0.1, 0.15) is 15.9 Å². The van der Waals surface area contributed by atoms with E-state index in [0.29, 0.717) is 23.1 Å². The largest absolute Gasteiger partial charge is 0.395 e. The fraction of sp³-hybridized carbons (Fsp3) is 0.136. The van der Waals surface area contributed by atoms with E-state index in [1.54, 1.807) is 18.2 Å². The number of aliphatic hydroxyl groups excluding tert-OH is 1. The summed E-state index contributed by atoms with van der Waals surface area (Å²) in [5.74, 6) is -0.595. The highest BCUT2D eigenvalue weighted by atomic mass is 35.5. The van der Waals surface area contributed by atoms with Gasteiger partial charge in [0.1, 0.15) is 22.2 Å². The van der Waals surface area contributed by atoms with Gasteiger partial charge in [0.15, 0.2) is 0 Å². The Kier molecular flexibility index (Phi) is 6.45. The Morgan fingerprint density at radius 2 is 1.75 bits per heavy atom.